The van der Waals surface area contributed by atoms with Gasteiger partial charge in [-0.15, -0.1) is 0 Å². The molecule has 5 rings (SSSR count). The lowest BCUT2D eigenvalue weighted by Crippen LogP contribution is -2.54. The minimum atomic E-state index is -4.26. The van der Waals surface area contributed by atoms with Gasteiger partial charge in [0.05, 0.1) is 0 Å². The van der Waals surface area contributed by atoms with Crippen molar-refractivity contribution < 1.29 is 22.0 Å². The Morgan fingerprint density at radius 3 is 2.52 bits per heavy atom. The molecule has 3 aromatic rings. The van der Waals surface area contributed by atoms with Crippen molar-refractivity contribution in [2.75, 3.05) is 29.9 Å². The van der Waals surface area contributed by atoms with Gasteiger partial charge in [0.2, 0.25) is 21.5 Å². The van der Waals surface area contributed by atoms with Gasteiger partial charge in [0, 0.05) is 43.3 Å². The van der Waals surface area contributed by atoms with Crippen molar-refractivity contribution in [2.45, 2.75) is 51.0 Å². The summed E-state index contributed by atoms with van der Waals surface area (Å²) in [5.74, 6) is -1.26. The predicted octanol–water partition coefficient (Wildman–Crippen LogP) is 4.44. The number of aryl methyl sites for hydroxylation is 2. The van der Waals surface area contributed by atoms with Crippen LogP contribution in [-0.2, 0) is 21.2 Å². The number of halogens is 2. The SMILES string of the molecule is CCc1cc(C)c(-c2cc(N3CCN(S(=O)(=O)c4cc(F)ccc4F)C[C@@H]3C)[nH]c(=O)c2)cc1NC(=O)C1CC1. The fourth-order valence-corrected chi connectivity index (χ4v) is 6.81. The number of anilines is 2. The summed E-state index contributed by atoms with van der Waals surface area (Å²) in [4.78, 5) is 29.3. The maximum Gasteiger partial charge on any atom is 0.250 e. The van der Waals surface area contributed by atoms with E-state index < -0.39 is 26.6 Å². The van der Waals surface area contributed by atoms with Gasteiger partial charge in [-0.2, -0.15) is 4.31 Å². The number of carbonyl (C=O) groups excluding carboxylic acids is 1. The first-order chi connectivity index (χ1) is 19.0. The number of aromatic nitrogens is 1. The van der Waals surface area contributed by atoms with Gasteiger partial charge in [0.15, 0.2) is 0 Å². The van der Waals surface area contributed by atoms with Crippen LogP contribution in [0.5, 0.6) is 0 Å². The van der Waals surface area contributed by atoms with Crippen molar-refractivity contribution >= 4 is 27.4 Å². The van der Waals surface area contributed by atoms with Crippen LogP contribution >= 0.6 is 0 Å². The molecular formula is C29H32F2N4O4S. The topological polar surface area (TPSA) is 103 Å². The Kier molecular flexibility index (Phi) is 7.54. The van der Waals surface area contributed by atoms with E-state index in [2.05, 4.69) is 10.3 Å². The molecule has 1 saturated carbocycles. The normalized spacial score (nSPS) is 18.1. The third-order valence-corrected chi connectivity index (χ3v) is 9.47. The van der Waals surface area contributed by atoms with E-state index >= 15 is 0 Å². The first-order valence-corrected chi connectivity index (χ1v) is 14.8. The van der Waals surface area contributed by atoms with Crippen molar-refractivity contribution in [1.82, 2.24) is 9.29 Å². The summed E-state index contributed by atoms with van der Waals surface area (Å²) in [5.41, 5.74) is 3.87. The van der Waals surface area contributed by atoms with Crippen molar-refractivity contribution in [1.29, 1.82) is 0 Å². The third kappa shape index (κ3) is 5.53. The molecule has 2 fully saturated rings. The molecule has 1 atom stereocenters. The molecule has 1 amide bonds. The van der Waals surface area contributed by atoms with Crippen LogP contribution in [0, 0.1) is 24.5 Å². The summed E-state index contributed by atoms with van der Waals surface area (Å²) < 4.78 is 55.3. The highest BCUT2D eigenvalue weighted by Crippen LogP contribution is 2.34. The fraction of sp³-hybridized carbons (Fsp3) is 0.379. The zero-order valence-electron chi connectivity index (χ0n) is 22.6. The zero-order valence-corrected chi connectivity index (χ0v) is 23.4. The standard InChI is InChI=1S/C29H32F2N4O4S/c1-4-19-11-17(2)23(15-25(19)32-29(37)20-5-6-20)21-12-27(33-28(36)13-21)35-10-9-34(16-18(35)3)40(38,39)26-14-22(30)7-8-24(26)31/h7-8,11-15,18,20H,4-6,9-10,16H2,1-3H3,(H,32,37)(H,33,36)/t18-/m0/s1. The number of benzene rings is 2. The second kappa shape index (κ2) is 10.8. The number of carbonyl (C=O) groups is 1. The van der Waals surface area contributed by atoms with E-state index in [-0.39, 0.29) is 43.1 Å². The highest BCUT2D eigenvalue weighted by molar-refractivity contribution is 7.89. The third-order valence-electron chi connectivity index (χ3n) is 7.59. The lowest BCUT2D eigenvalue weighted by atomic mass is 9.96. The molecule has 0 bridgehead atoms. The number of H-pyrrole nitrogens is 1. The Hall–Kier alpha value is -3.57. The summed E-state index contributed by atoms with van der Waals surface area (Å²) in [6, 6.07) is 9.27. The van der Waals surface area contributed by atoms with Crippen molar-refractivity contribution in [3.63, 3.8) is 0 Å². The van der Waals surface area contributed by atoms with Gasteiger partial charge in [0.1, 0.15) is 22.3 Å². The summed E-state index contributed by atoms with van der Waals surface area (Å²) in [7, 11) is -4.26. The van der Waals surface area contributed by atoms with Crippen molar-refractivity contribution in [3.8, 4) is 11.1 Å². The second-order valence-electron chi connectivity index (χ2n) is 10.5. The molecular weight excluding hydrogens is 538 g/mol. The van der Waals surface area contributed by atoms with Crippen LogP contribution in [0.15, 0.2) is 52.2 Å². The molecule has 0 spiro atoms. The molecule has 1 aliphatic carbocycles. The van der Waals surface area contributed by atoms with Crippen LogP contribution in [0.2, 0.25) is 0 Å². The lowest BCUT2D eigenvalue weighted by Gasteiger charge is -2.40. The molecule has 8 nitrogen and oxygen atoms in total. The number of hydrogen-bond acceptors (Lipinski definition) is 5. The van der Waals surface area contributed by atoms with Crippen LogP contribution in [0.3, 0.4) is 0 Å². The van der Waals surface area contributed by atoms with E-state index in [0.717, 1.165) is 58.1 Å². The fourth-order valence-electron chi connectivity index (χ4n) is 5.22. The Balaban J connectivity index is 1.42. The van der Waals surface area contributed by atoms with Crippen LogP contribution in [0.4, 0.5) is 20.3 Å². The summed E-state index contributed by atoms with van der Waals surface area (Å²) in [5, 5.41) is 3.05. The van der Waals surface area contributed by atoms with E-state index in [1.54, 1.807) is 6.92 Å². The summed E-state index contributed by atoms with van der Waals surface area (Å²) in [6.45, 7) is 6.06. The molecule has 1 saturated heterocycles. The molecule has 1 aromatic heterocycles. The molecule has 11 heteroatoms. The first-order valence-electron chi connectivity index (χ1n) is 13.4. The van der Waals surface area contributed by atoms with Crippen molar-refractivity contribution in [3.05, 3.63) is 75.6 Å². The maximum atomic E-state index is 14.3. The van der Waals surface area contributed by atoms with Gasteiger partial charge in [-0.1, -0.05) is 13.0 Å². The molecule has 0 radical (unpaired) electrons. The number of amides is 1. The Morgan fingerprint density at radius 2 is 1.85 bits per heavy atom. The van der Waals surface area contributed by atoms with E-state index in [0.29, 0.717) is 17.4 Å². The average Bonchev–Trinajstić information content (AvgIpc) is 3.76. The van der Waals surface area contributed by atoms with Gasteiger partial charge in [-0.05, 0) is 85.7 Å². The number of rotatable bonds is 7. The highest BCUT2D eigenvalue weighted by atomic mass is 32.2. The number of sulfonamides is 1. The second-order valence-corrected chi connectivity index (χ2v) is 12.4. The van der Waals surface area contributed by atoms with Gasteiger partial charge >= 0.3 is 0 Å². The van der Waals surface area contributed by atoms with Crippen LogP contribution in [0.1, 0.15) is 37.8 Å². The molecule has 0 unspecified atom stereocenters. The molecule has 2 aromatic carbocycles. The summed E-state index contributed by atoms with van der Waals surface area (Å²) in [6.07, 6.45) is 2.53. The number of aromatic amines is 1. The minimum absolute atomic E-state index is 0.0101. The Labute approximate surface area is 232 Å². The summed E-state index contributed by atoms with van der Waals surface area (Å²) >= 11 is 0. The Morgan fingerprint density at radius 1 is 1.10 bits per heavy atom. The van der Waals surface area contributed by atoms with E-state index in [1.807, 2.05) is 36.9 Å². The van der Waals surface area contributed by atoms with E-state index in [9.17, 15) is 26.8 Å². The Bertz CT molecular complexity index is 1640. The minimum Gasteiger partial charge on any atom is -0.353 e. The molecule has 1 aliphatic heterocycles. The smallest absolute Gasteiger partial charge is 0.250 e. The first kappa shape index (κ1) is 28.0. The number of pyridine rings is 1. The maximum absolute atomic E-state index is 14.3. The number of nitrogens with one attached hydrogen (secondary N) is 2. The molecule has 2 N–H and O–H groups in total. The molecule has 2 aliphatic rings. The van der Waals surface area contributed by atoms with Crippen LogP contribution < -0.4 is 15.8 Å². The van der Waals surface area contributed by atoms with Crippen LogP contribution in [0.25, 0.3) is 11.1 Å². The van der Waals surface area contributed by atoms with E-state index in [1.165, 1.54) is 6.07 Å². The van der Waals surface area contributed by atoms with Gasteiger partial charge in [0.25, 0.3) is 0 Å². The average molecular weight is 571 g/mol. The zero-order chi connectivity index (χ0) is 28.8. The monoisotopic (exact) mass is 570 g/mol. The number of nitrogens with zero attached hydrogens (tertiary/aromatic N) is 2. The van der Waals surface area contributed by atoms with Gasteiger partial charge in [-0.3, -0.25) is 9.59 Å². The van der Waals surface area contributed by atoms with Gasteiger partial charge < -0.3 is 15.2 Å². The van der Waals surface area contributed by atoms with Gasteiger partial charge in [-0.25, -0.2) is 17.2 Å². The number of hydrogen-bond donors (Lipinski definition) is 2. The quantitative estimate of drug-likeness (QED) is 0.437. The van der Waals surface area contributed by atoms with E-state index in [4.69, 9.17) is 0 Å². The predicted molar refractivity (Wildman–Crippen MR) is 150 cm³/mol. The largest absolute Gasteiger partial charge is 0.353 e. The van der Waals surface area contributed by atoms with Crippen molar-refractivity contribution in [2.24, 2.45) is 5.92 Å². The number of piperazine rings is 1. The molecule has 212 valence electrons. The molecule has 40 heavy (non-hydrogen) atoms. The molecule has 2 heterocycles. The highest BCUT2D eigenvalue weighted by Gasteiger charge is 2.35. The van der Waals surface area contributed by atoms with Crippen LogP contribution in [-0.4, -0.2) is 49.3 Å². The lowest BCUT2D eigenvalue weighted by molar-refractivity contribution is -0.117.